The van der Waals surface area contributed by atoms with Crippen LogP contribution in [-0.2, 0) is 14.3 Å². The molecule has 26 heavy (non-hydrogen) atoms. The summed E-state index contributed by atoms with van der Waals surface area (Å²) in [6.07, 6.45) is 5.49. The van der Waals surface area contributed by atoms with Gasteiger partial charge in [0.1, 0.15) is 5.75 Å². The van der Waals surface area contributed by atoms with Crippen LogP contribution in [0.1, 0.15) is 52.8 Å². The Morgan fingerprint density at radius 2 is 1.50 bits per heavy atom. The van der Waals surface area contributed by atoms with Crippen LogP contribution in [0.2, 0.25) is 0 Å². The highest BCUT2D eigenvalue weighted by atomic mass is 16.5. The highest BCUT2D eigenvalue weighted by Gasteiger charge is 2.22. The van der Waals surface area contributed by atoms with Crippen molar-refractivity contribution in [3.63, 3.8) is 0 Å². The fourth-order valence-corrected chi connectivity index (χ4v) is 3.07. The summed E-state index contributed by atoms with van der Waals surface area (Å²) >= 11 is 0. The van der Waals surface area contributed by atoms with E-state index in [1.54, 1.807) is 11.9 Å². The van der Waals surface area contributed by atoms with Crippen molar-refractivity contribution in [2.24, 2.45) is 0 Å². The molecule has 1 saturated carbocycles. The smallest absolute Gasteiger partial charge is 0.338 e. The third-order valence-corrected chi connectivity index (χ3v) is 4.63. The van der Waals surface area contributed by atoms with E-state index in [-0.39, 0.29) is 35.4 Å². The highest BCUT2D eigenvalue weighted by molar-refractivity contribution is 5.96. The van der Waals surface area contributed by atoms with Gasteiger partial charge in [0.05, 0.1) is 25.3 Å². The van der Waals surface area contributed by atoms with Gasteiger partial charge in [0.15, 0.2) is 6.61 Å². The Morgan fingerprint density at radius 3 is 2.00 bits per heavy atom. The van der Waals surface area contributed by atoms with Crippen molar-refractivity contribution < 1.29 is 28.6 Å². The first-order valence-corrected chi connectivity index (χ1v) is 8.66. The SMILES string of the molecule is COC(=O)c1cc(OCC(=O)N(C)C2CCCCC2)cc(C(=O)OC)c1. The molecule has 2 rings (SSSR count). The molecule has 0 heterocycles. The molecule has 1 fully saturated rings. The first-order valence-electron chi connectivity index (χ1n) is 8.66. The van der Waals surface area contributed by atoms with E-state index in [9.17, 15) is 14.4 Å². The summed E-state index contributed by atoms with van der Waals surface area (Å²) < 4.78 is 14.9. The molecular formula is C19H25NO6. The second-order valence-corrected chi connectivity index (χ2v) is 6.31. The molecule has 7 heteroatoms. The standard InChI is InChI=1S/C19H25NO6/c1-20(15-7-5-4-6-8-15)17(21)12-26-16-10-13(18(22)24-2)9-14(11-16)19(23)25-3/h9-11,15H,4-8,12H2,1-3H3. The van der Waals surface area contributed by atoms with Gasteiger partial charge in [0, 0.05) is 13.1 Å². The third kappa shape index (κ3) is 4.97. The van der Waals surface area contributed by atoms with Gasteiger partial charge >= 0.3 is 11.9 Å². The van der Waals surface area contributed by atoms with Gasteiger partial charge in [-0.3, -0.25) is 4.79 Å². The molecule has 0 radical (unpaired) electrons. The van der Waals surface area contributed by atoms with Crippen molar-refractivity contribution in [3.8, 4) is 5.75 Å². The largest absolute Gasteiger partial charge is 0.484 e. The minimum Gasteiger partial charge on any atom is -0.484 e. The summed E-state index contributed by atoms with van der Waals surface area (Å²) in [7, 11) is 4.28. The summed E-state index contributed by atoms with van der Waals surface area (Å²) in [4.78, 5) is 37.7. The first kappa shape index (κ1) is 19.8. The molecule has 0 spiro atoms. The number of carbonyl (C=O) groups excluding carboxylic acids is 3. The van der Waals surface area contributed by atoms with Crippen molar-refractivity contribution in [1.82, 2.24) is 4.90 Å². The lowest BCUT2D eigenvalue weighted by Gasteiger charge is -2.31. The zero-order valence-corrected chi connectivity index (χ0v) is 15.4. The van der Waals surface area contributed by atoms with Crippen LogP contribution in [0.15, 0.2) is 18.2 Å². The Hall–Kier alpha value is -2.57. The van der Waals surface area contributed by atoms with Gasteiger partial charge in [0.25, 0.3) is 5.91 Å². The number of hydrogen-bond acceptors (Lipinski definition) is 6. The van der Waals surface area contributed by atoms with E-state index < -0.39 is 11.9 Å². The van der Waals surface area contributed by atoms with E-state index in [4.69, 9.17) is 4.74 Å². The molecule has 7 nitrogen and oxygen atoms in total. The Kier molecular flexibility index (Phi) is 7.00. The van der Waals surface area contributed by atoms with Crippen LogP contribution >= 0.6 is 0 Å². The first-order chi connectivity index (χ1) is 12.5. The second kappa shape index (κ2) is 9.22. The van der Waals surface area contributed by atoms with Crippen LogP contribution < -0.4 is 4.74 Å². The Balaban J connectivity index is 2.08. The monoisotopic (exact) mass is 363 g/mol. The number of ether oxygens (including phenoxy) is 3. The molecule has 0 saturated heterocycles. The van der Waals surface area contributed by atoms with Gasteiger partial charge in [-0.05, 0) is 31.0 Å². The predicted molar refractivity (Wildman–Crippen MR) is 94.3 cm³/mol. The minimum absolute atomic E-state index is 0.139. The van der Waals surface area contributed by atoms with Gasteiger partial charge in [-0.2, -0.15) is 0 Å². The average Bonchev–Trinajstić information content (AvgIpc) is 2.70. The van der Waals surface area contributed by atoms with Gasteiger partial charge in [-0.1, -0.05) is 19.3 Å². The van der Waals surface area contributed by atoms with Crippen molar-refractivity contribution in [3.05, 3.63) is 29.3 Å². The molecule has 1 aliphatic carbocycles. The lowest BCUT2D eigenvalue weighted by atomic mass is 9.94. The Bertz CT molecular complexity index is 632. The fraction of sp³-hybridized carbons (Fsp3) is 0.526. The number of carbonyl (C=O) groups is 3. The van der Waals surface area contributed by atoms with E-state index in [1.165, 1.54) is 38.8 Å². The fourth-order valence-electron chi connectivity index (χ4n) is 3.07. The molecule has 0 N–H and O–H groups in total. The van der Waals surface area contributed by atoms with Crippen LogP contribution in [0.4, 0.5) is 0 Å². The summed E-state index contributed by atoms with van der Waals surface area (Å²) in [5.74, 6) is -1.11. The molecule has 0 unspecified atom stereocenters. The maximum Gasteiger partial charge on any atom is 0.338 e. The van der Waals surface area contributed by atoms with E-state index >= 15 is 0 Å². The van der Waals surface area contributed by atoms with Gasteiger partial charge in [-0.25, -0.2) is 9.59 Å². The highest BCUT2D eigenvalue weighted by Crippen LogP contribution is 2.22. The summed E-state index contributed by atoms with van der Waals surface area (Å²) in [6, 6.07) is 4.48. The molecule has 0 aliphatic heterocycles. The average molecular weight is 363 g/mol. The van der Waals surface area contributed by atoms with Gasteiger partial charge < -0.3 is 19.1 Å². The summed E-state index contributed by atoms with van der Waals surface area (Å²) in [6.45, 7) is -0.168. The minimum atomic E-state index is -0.605. The number of nitrogens with zero attached hydrogens (tertiary/aromatic N) is 1. The number of hydrogen-bond donors (Lipinski definition) is 0. The topological polar surface area (TPSA) is 82.1 Å². The van der Waals surface area contributed by atoms with E-state index in [2.05, 4.69) is 9.47 Å². The lowest BCUT2D eigenvalue weighted by Crippen LogP contribution is -2.40. The van der Waals surface area contributed by atoms with Crippen LogP contribution in [0.3, 0.4) is 0 Å². The molecule has 1 aromatic carbocycles. The second-order valence-electron chi connectivity index (χ2n) is 6.31. The maximum absolute atomic E-state index is 12.4. The lowest BCUT2D eigenvalue weighted by molar-refractivity contribution is -0.134. The number of methoxy groups -OCH3 is 2. The third-order valence-electron chi connectivity index (χ3n) is 4.63. The van der Waals surface area contributed by atoms with E-state index in [1.807, 2.05) is 0 Å². The molecule has 1 amide bonds. The molecule has 0 aromatic heterocycles. The van der Waals surface area contributed by atoms with E-state index in [0.29, 0.717) is 0 Å². The van der Waals surface area contributed by atoms with Crippen molar-refractivity contribution in [2.45, 2.75) is 38.1 Å². The van der Waals surface area contributed by atoms with Crippen molar-refractivity contribution in [1.29, 1.82) is 0 Å². The van der Waals surface area contributed by atoms with Crippen molar-refractivity contribution in [2.75, 3.05) is 27.9 Å². The maximum atomic E-state index is 12.4. The Morgan fingerprint density at radius 1 is 0.962 bits per heavy atom. The predicted octanol–water partition coefficient (Wildman–Crippen LogP) is 2.43. The quantitative estimate of drug-likeness (QED) is 0.722. The van der Waals surface area contributed by atoms with Gasteiger partial charge in [-0.15, -0.1) is 0 Å². The number of benzene rings is 1. The number of esters is 2. The van der Waals surface area contributed by atoms with Crippen LogP contribution in [0.5, 0.6) is 5.75 Å². The summed E-state index contributed by atoms with van der Waals surface area (Å²) in [5.41, 5.74) is 0.303. The van der Waals surface area contributed by atoms with Gasteiger partial charge in [0.2, 0.25) is 0 Å². The molecule has 1 aliphatic rings. The number of rotatable bonds is 6. The van der Waals surface area contributed by atoms with Crippen molar-refractivity contribution >= 4 is 17.8 Å². The molecule has 0 atom stereocenters. The number of likely N-dealkylation sites (N-methyl/N-ethyl adjacent to an activating group) is 1. The molecular weight excluding hydrogens is 338 g/mol. The zero-order chi connectivity index (χ0) is 19.1. The van der Waals surface area contributed by atoms with E-state index in [0.717, 1.165) is 25.7 Å². The van der Waals surface area contributed by atoms with Crippen LogP contribution in [0, 0.1) is 0 Å². The molecule has 142 valence electrons. The summed E-state index contributed by atoms with van der Waals surface area (Å²) in [5, 5.41) is 0. The molecule has 0 bridgehead atoms. The normalized spacial score (nSPS) is 14.4. The van der Waals surface area contributed by atoms with Crippen LogP contribution in [0.25, 0.3) is 0 Å². The molecule has 1 aromatic rings. The Labute approximate surface area is 153 Å². The number of amides is 1. The zero-order valence-electron chi connectivity index (χ0n) is 15.4. The van der Waals surface area contributed by atoms with Crippen LogP contribution in [-0.4, -0.2) is 56.7 Å².